The van der Waals surface area contributed by atoms with Crippen LogP contribution in [-0.2, 0) is 4.79 Å². The Morgan fingerprint density at radius 1 is 1.47 bits per heavy atom. The maximum Gasteiger partial charge on any atom is 0.239 e. The quantitative estimate of drug-likeness (QED) is 0.899. The highest BCUT2D eigenvalue weighted by Gasteiger charge is 2.12. The third-order valence-corrected chi connectivity index (χ3v) is 2.80. The van der Waals surface area contributed by atoms with Gasteiger partial charge in [0.2, 0.25) is 5.91 Å². The number of hydrogen-bond acceptors (Lipinski definition) is 3. The van der Waals surface area contributed by atoms with Crippen LogP contribution in [-0.4, -0.2) is 37.0 Å². The summed E-state index contributed by atoms with van der Waals surface area (Å²) in [5.41, 5.74) is 5.50. The molecule has 17 heavy (non-hydrogen) atoms. The Hall–Kier alpha value is -1.07. The molecule has 4 nitrogen and oxygen atoms in total. The summed E-state index contributed by atoms with van der Waals surface area (Å²) in [7, 11) is 1.72. The molecule has 1 atom stereocenters. The van der Waals surface area contributed by atoms with Crippen LogP contribution >= 0.6 is 15.9 Å². The van der Waals surface area contributed by atoms with Gasteiger partial charge in [0.15, 0.2) is 0 Å². The number of ether oxygens (including phenoxy) is 1. The van der Waals surface area contributed by atoms with Crippen LogP contribution < -0.4 is 10.5 Å². The molecule has 1 aromatic rings. The molecule has 0 aliphatic heterocycles. The molecule has 0 heterocycles. The molecular formula is C12H17BrN2O2. The van der Waals surface area contributed by atoms with Crippen LogP contribution in [0.5, 0.6) is 5.75 Å². The van der Waals surface area contributed by atoms with Gasteiger partial charge < -0.3 is 15.4 Å². The average molecular weight is 301 g/mol. The molecule has 0 saturated carbocycles. The van der Waals surface area contributed by atoms with Gasteiger partial charge in [0.05, 0.1) is 12.6 Å². The van der Waals surface area contributed by atoms with Gasteiger partial charge in [-0.3, -0.25) is 4.79 Å². The highest BCUT2D eigenvalue weighted by molar-refractivity contribution is 9.10. The van der Waals surface area contributed by atoms with Gasteiger partial charge in [-0.15, -0.1) is 0 Å². The molecule has 0 aliphatic carbocycles. The van der Waals surface area contributed by atoms with Gasteiger partial charge in [-0.1, -0.05) is 15.9 Å². The molecule has 1 aromatic carbocycles. The first-order valence-electron chi connectivity index (χ1n) is 5.39. The molecule has 0 spiro atoms. The van der Waals surface area contributed by atoms with E-state index in [9.17, 15) is 4.79 Å². The summed E-state index contributed by atoms with van der Waals surface area (Å²) in [4.78, 5) is 13.0. The lowest BCUT2D eigenvalue weighted by atomic mass is 10.3. The van der Waals surface area contributed by atoms with Crippen LogP contribution in [0, 0.1) is 0 Å². The van der Waals surface area contributed by atoms with Crippen molar-refractivity contribution in [3.8, 4) is 5.75 Å². The second-order valence-electron chi connectivity index (χ2n) is 3.85. The molecular weight excluding hydrogens is 284 g/mol. The predicted octanol–water partition coefficient (Wildman–Crippen LogP) is 1.63. The first kappa shape index (κ1) is 14.0. The molecule has 0 fully saturated rings. The molecule has 0 radical (unpaired) electrons. The first-order valence-corrected chi connectivity index (χ1v) is 6.19. The Balaban J connectivity index is 2.33. The number of rotatable bonds is 5. The molecule has 0 aromatic heterocycles. The fourth-order valence-corrected chi connectivity index (χ4v) is 1.55. The summed E-state index contributed by atoms with van der Waals surface area (Å²) in [6.07, 6.45) is 0. The summed E-state index contributed by atoms with van der Waals surface area (Å²) < 4.78 is 6.51. The van der Waals surface area contributed by atoms with Gasteiger partial charge in [0.1, 0.15) is 12.4 Å². The normalized spacial score (nSPS) is 12.0. The van der Waals surface area contributed by atoms with Crippen molar-refractivity contribution < 1.29 is 9.53 Å². The van der Waals surface area contributed by atoms with Crippen molar-refractivity contribution in [3.63, 3.8) is 0 Å². The standard InChI is InChI=1S/C12H17BrN2O2/c1-9(14)12(16)15(2)7-8-17-11-5-3-10(13)4-6-11/h3-6,9H,7-8,14H2,1-2H3/t9-/m0/s1. The summed E-state index contributed by atoms with van der Waals surface area (Å²) in [5, 5.41) is 0. The zero-order valence-corrected chi connectivity index (χ0v) is 11.6. The Kier molecular flexibility index (Phi) is 5.44. The SMILES string of the molecule is C[C@H](N)C(=O)N(C)CCOc1ccc(Br)cc1. The number of hydrogen-bond donors (Lipinski definition) is 1. The molecule has 0 unspecified atom stereocenters. The van der Waals surface area contributed by atoms with Crippen LogP contribution in [0.25, 0.3) is 0 Å². The fourth-order valence-electron chi connectivity index (χ4n) is 1.29. The van der Waals surface area contributed by atoms with Crippen molar-refractivity contribution >= 4 is 21.8 Å². The Morgan fingerprint density at radius 2 is 2.06 bits per heavy atom. The highest BCUT2D eigenvalue weighted by atomic mass is 79.9. The Labute approximate surface area is 110 Å². The second-order valence-corrected chi connectivity index (χ2v) is 4.77. The van der Waals surface area contributed by atoms with E-state index in [1.807, 2.05) is 24.3 Å². The number of halogens is 1. The van der Waals surface area contributed by atoms with Crippen LogP contribution in [0.2, 0.25) is 0 Å². The summed E-state index contributed by atoms with van der Waals surface area (Å²) in [6.45, 7) is 2.65. The molecule has 2 N–H and O–H groups in total. The van der Waals surface area contributed by atoms with Crippen LogP contribution in [0.1, 0.15) is 6.92 Å². The Morgan fingerprint density at radius 3 is 2.59 bits per heavy atom. The number of nitrogens with two attached hydrogens (primary N) is 1. The van der Waals surface area contributed by atoms with E-state index in [4.69, 9.17) is 10.5 Å². The van der Waals surface area contributed by atoms with E-state index < -0.39 is 6.04 Å². The van der Waals surface area contributed by atoms with Crippen molar-refractivity contribution in [1.82, 2.24) is 4.90 Å². The molecule has 1 rings (SSSR count). The maximum atomic E-state index is 11.5. The molecule has 94 valence electrons. The maximum absolute atomic E-state index is 11.5. The molecule has 0 saturated heterocycles. The van der Waals surface area contributed by atoms with Crippen LogP contribution in [0.15, 0.2) is 28.7 Å². The fraction of sp³-hybridized carbons (Fsp3) is 0.417. The van der Waals surface area contributed by atoms with Crippen molar-refractivity contribution in [2.75, 3.05) is 20.2 Å². The number of amides is 1. The van der Waals surface area contributed by atoms with E-state index in [1.165, 1.54) is 0 Å². The molecule has 0 aliphatic rings. The van der Waals surface area contributed by atoms with Crippen LogP contribution in [0.3, 0.4) is 0 Å². The van der Waals surface area contributed by atoms with Crippen molar-refractivity contribution in [1.29, 1.82) is 0 Å². The number of benzene rings is 1. The van der Waals surface area contributed by atoms with Gasteiger partial charge in [-0.25, -0.2) is 0 Å². The first-order chi connectivity index (χ1) is 8.00. The largest absolute Gasteiger partial charge is 0.492 e. The lowest BCUT2D eigenvalue weighted by molar-refractivity contribution is -0.131. The average Bonchev–Trinajstić information content (AvgIpc) is 2.30. The number of carbonyl (C=O) groups is 1. The summed E-state index contributed by atoms with van der Waals surface area (Å²) in [6, 6.07) is 7.10. The van der Waals surface area contributed by atoms with Gasteiger partial charge in [0.25, 0.3) is 0 Å². The van der Waals surface area contributed by atoms with E-state index in [2.05, 4.69) is 15.9 Å². The van der Waals surface area contributed by atoms with Gasteiger partial charge in [-0.05, 0) is 31.2 Å². The topological polar surface area (TPSA) is 55.6 Å². The van der Waals surface area contributed by atoms with Gasteiger partial charge in [0, 0.05) is 11.5 Å². The minimum Gasteiger partial charge on any atom is -0.492 e. The highest BCUT2D eigenvalue weighted by Crippen LogP contribution is 2.15. The molecule has 5 heteroatoms. The second kappa shape index (κ2) is 6.61. The van der Waals surface area contributed by atoms with E-state index >= 15 is 0 Å². The summed E-state index contributed by atoms with van der Waals surface area (Å²) >= 11 is 3.35. The lowest BCUT2D eigenvalue weighted by Gasteiger charge is -2.19. The minimum atomic E-state index is -0.465. The van der Waals surface area contributed by atoms with Crippen molar-refractivity contribution in [2.24, 2.45) is 5.73 Å². The minimum absolute atomic E-state index is 0.0793. The monoisotopic (exact) mass is 300 g/mol. The van der Waals surface area contributed by atoms with Crippen LogP contribution in [0.4, 0.5) is 0 Å². The Bertz CT molecular complexity index is 365. The lowest BCUT2D eigenvalue weighted by Crippen LogP contribution is -2.41. The molecule has 1 amide bonds. The van der Waals surface area contributed by atoms with E-state index in [1.54, 1.807) is 18.9 Å². The zero-order chi connectivity index (χ0) is 12.8. The predicted molar refractivity (Wildman–Crippen MR) is 70.9 cm³/mol. The van der Waals surface area contributed by atoms with Gasteiger partial charge >= 0.3 is 0 Å². The third-order valence-electron chi connectivity index (χ3n) is 2.27. The number of carbonyl (C=O) groups excluding carboxylic acids is 1. The van der Waals surface area contributed by atoms with E-state index in [0.717, 1.165) is 10.2 Å². The summed E-state index contributed by atoms with van der Waals surface area (Å²) in [5.74, 6) is 0.708. The number of nitrogens with zero attached hydrogens (tertiary/aromatic N) is 1. The molecule has 0 bridgehead atoms. The zero-order valence-electron chi connectivity index (χ0n) is 10.0. The third kappa shape index (κ3) is 4.75. The van der Waals surface area contributed by atoms with E-state index in [-0.39, 0.29) is 5.91 Å². The smallest absolute Gasteiger partial charge is 0.239 e. The number of likely N-dealkylation sites (N-methyl/N-ethyl adjacent to an activating group) is 1. The van der Waals surface area contributed by atoms with E-state index in [0.29, 0.717) is 13.2 Å². The van der Waals surface area contributed by atoms with Crippen molar-refractivity contribution in [2.45, 2.75) is 13.0 Å². The van der Waals surface area contributed by atoms with Crippen molar-refractivity contribution in [3.05, 3.63) is 28.7 Å². The van der Waals surface area contributed by atoms with Gasteiger partial charge in [-0.2, -0.15) is 0 Å².